The standard InChI is InChI=1S/C15H14O5/c1-6(16)19-5-7-4-10-8-2-3-9(11(7)10)13-12(8)14(17)20-15(13)18/h2-4,8-13H,5H2,1H3. The molecule has 4 aliphatic carbocycles. The van der Waals surface area contributed by atoms with Crippen LogP contribution in [0.2, 0.25) is 0 Å². The summed E-state index contributed by atoms with van der Waals surface area (Å²) in [5.41, 5.74) is 1.06. The molecule has 2 fully saturated rings. The van der Waals surface area contributed by atoms with Gasteiger partial charge < -0.3 is 9.47 Å². The van der Waals surface area contributed by atoms with Crippen molar-refractivity contribution in [2.75, 3.05) is 6.61 Å². The Balaban J connectivity index is 1.63. The molecule has 104 valence electrons. The van der Waals surface area contributed by atoms with Gasteiger partial charge in [-0.25, -0.2) is 0 Å². The maximum atomic E-state index is 11.9. The molecule has 1 aliphatic heterocycles. The van der Waals surface area contributed by atoms with Crippen molar-refractivity contribution in [3.8, 4) is 0 Å². The first-order valence-electron chi connectivity index (χ1n) is 6.86. The minimum atomic E-state index is -0.392. The zero-order valence-electron chi connectivity index (χ0n) is 10.9. The van der Waals surface area contributed by atoms with E-state index in [9.17, 15) is 14.4 Å². The minimum absolute atomic E-state index is 0.00417. The largest absolute Gasteiger partial charge is 0.461 e. The Kier molecular flexibility index (Phi) is 2.26. The number of carbonyl (C=O) groups is 3. The number of rotatable bonds is 2. The normalized spacial score (nSPS) is 43.4. The molecule has 5 heteroatoms. The van der Waals surface area contributed by atoms with Gasteiger partial charge in [0.2, 0.25) is 0 Å². The fraction of sp³-hybridized carbons (Fsp3) is 0.533. The van der Waals surface area contributed by atoms with Crippen molar-refractivity contribution in [2.45, 2.75) is 6.92 Å². The molecular formula is C15H14O5. The number of allylic oxidation sites excluding steroid dienone is 3. The van der Waals surface area contributed by atoms with Gasteiger partial charge in [0.25, 0.3) is 0 Å². The van der Waals surface area contributed by atoms with E-state index >= 15 is 0 Å². The van der Waals surface area contributed by atoms with Crippen LogP contribution in [-0.4, -0.2) is 24.5 Å². The molecule has 1 saturated heterocycles. The highest BCUT2D eigenvalue weighted by molar-refractivity contribution is 5.98. The quantitative estimate of drug-likeness (QED) is 0.424. The molecule has 0 spiro atoms. The summed E-state index contributed by atoms with van der Waals surface area (Å²) in [5.74, 6) is -1.20. The van der Waals surface area contributed by atoms with Crippen molar-refractivity contribution < 1.29 is 23.9 Å². The van der Waals surface area contributed by atoms with Crippen LogP contribution in [0, 0.1) is 35.5 Å². The van der Waals surface area contributed by atoms with Crippen molar-refractivity contribution >= 4 is 17.9 Å². The smallest absolute Gasteiger partial charge is 0.318 e. The van der Waals surface area contributed by atoms with E-state index in [2.05, 4.69) is 6.08 Å². The molecule has 0 N–H and O–H groups in total. The fourth-order valence-corrected chi connectivity index (χ4v) is 4.30. The van der Waals surface area contributed by atoms with Crippen molar-refractivity contribution in [3.63, 3.8) is 0 Å². The van der Waals surface area contributed by atoms with Gasteiger partial charge in [0.1, 0.15) is 6.61 Å². The van der Waals surface area contributed by atoms with Crippen LogP contribution in [0.15, 0.2) is 23.8 Å². The lowest BCUT2D eigenvalue weighted by Gasteiger charge is -2.53. The molecular weight excluding hydrogens is 260 g/mol. The molecule has 0 amide bonds. The maximum absolute atomic E-state index is 11.9. The van der Waals surface area contributed by atoms with Crippen LogP contribution in [-0.2, 0) is 23.9 Å². The van der Waals surface area contributed by atoms with E-state index in [1.165, 1.54) is 6.92 Å². The van der Waals surface area contributed by atoms with Crippen LogP contribution in [0.5, 0.6) is 0 Å². The fourth-order valence-electron chi connectivity index (χ4n) is 4.30. The highest BCUT2D eigenvalue weighted by Gasteiger charge is 2.63. The molecule has 2 bridgehead atoms. The summed E-state index contributed by atoms with van der Waals surface area (Å²) >= 11 is 0. The van der Waals surface area contributed by atoms with Crippen LogP contribution >= 0.6 is 0 Å². The van der Waals surface area contributed by atoms with E-state index in [-0.39, 0.29) is 54.1 Å². The third kappa shape index (κ3) is 1.35. The lowest BCUT2D eigenvalue weighted by Crippen LogP contribution is -2.53. The zero-order chi connectivity index (χ0) is 14.0. The van der Waals surface area contributed by atoms with E-state index in [1.807, 2.05) is 12.2 Å². The SMILES string of the molecule is CC(=O)OCC1=CC2C3C=CC(C12)C1C(=O)OC(=O)C31. The molecule has 0 aromatic rings. The third-order valence-corrected chi connectivity index (χ3v) is 5.07. The molecule has 6 atom stereocenters. The number of ether oxygens (including phenoxy) is 2. The summed E-state index contributed by atoms with van der Waals surface area (Å²) in [4.78, 5) is 34.6. The van der Waals surface area contributed by atoms with Crippen LogP contribution < -0.4 is 0 Å². The first-order valence-corrected chi connectivity index (χ1v) is 6.86. The van der Waals surface area contributed by atoms with Gasteiger partial charge in [-0.15, -0.1) is 0 Å². The Morgan fingerprint density at radius 2 is 1.75 bits per heavy atom. The topological polar surface area (TPSA) is 69.7 Å². The number of cyclic esters (lactones) is 2. The van der Waals surface area contributed by atoms with Gasteiger partial charge in [-0.05, 0) is 29.2 Å². The van der Waals surface area contributed by atoms with Crippen LogP contribution in [0.1, 0.15) is 6.92 Å². The van der Waals surface area contributed by atoms with Gasteiger partial charge in [0.05, 0.1) is 11.8 Å². The Morgan fingerprint density at radius 1 is 1.10 bits per heavy atom. The minimum Gasteiger partial charge on any atom is -0.461 e. The van der Waals surface area contributed by atoms with Crippen LogP contribution in [0.25, 0.3) is 0 Å². The Morgan fingerprint density at radius 3 is 2.45 bits per heavy atom. The van der Waals surface area contributed by atoms with Gasteiger partial charge in [0.15, 0.2) is 0 Å². The number of hydrogen-bond acceptors (Lipinski definition) is 5. The van der Waals surface area contributed by atoms with E-state index in [0.29, 0.717) is 0 Å². The molecule has 1 heterocycles. The van der Waals surface area contributed by atoms with Crippen molar-refractivity contribution in [2.24, 2.45) is 35.5 Å². The molecule has 6 unspecified atom stereocenters. The summed E-state index contributed by atoms with van der Waals surface area (Å²) in [7, 11) is 0. The highest BCUT2D eigenvalue weighted by Crippen LogP contribution is 2.60. The average molecular weight is 274 g/mol. The lowest BCUT2D eigenvalue weighted by molar-refractivity contribution is -0.154. The van der Waals surface area contributed by atoms with Crippen molar-refractivity contribution in [3.05, 3.63) is 23.8 Å². The first kappa shape index (κ1) is 11.9. The van der Waals surface area contributed by atoms with E-state index in [0.717, 1.165) is 5.57 Å². The number of carbonyl (C=O) groups excluding carboxylic acids is 3. The lowest BCUT2D eigenvalue weighted by atomic mass is 9.48. The van der Waals surface area contributed by atoms with Gasteiger partial charge in [-0.3, -0.25) is 14.4 Å². The molecule has 1 saturated carbocycles. The van der Waals surface area contributed by atoms with Crippen molar-refractivity contribution in [1.82, 2.24) is 0 Å². The predicted octanol–water partition coefficient (Wildman–Crippen LogP) is 0.853. The van der Waals surface area contributed by atoms with Gasteiger partial charge in [0, 0.05) is 6.92 Å². The van der Waals surface area contributed by atoms with Gasteiger partial charge >= 0.3 is 17.9 Å². The Labute approximate surface area is 115 Å². The summed E-state index contributed by atoms with van der Waals surface area (Å²) in [6.45, 7) is 1.67. The molecule has 0 radical (unpaired) electrons. The van der Waals surface area contributed by atoms with Crippen LogP contribution in [0.3, 0.4) is 0 Å². The summed E-state index contributed by atoms with van der Waals surface area (Å²) in [5, 5.41) is 0. The molecule has 0 aromatic carbocycles. The summed E-state index contributed by atoms with van der Waals surface area (Å²) in [6.07, 6.45) is 6.17. The van der Waals surface area contributed by atoms with E-state index in [4.69, 9.17) is 9.47 Å². The summed E-state index contributed by atoms with van der Waals surface area (Å²) < 4.78 is 9.87. The second-order valence-corrected chi connectivity index (χ2v) is 5.96. The zero-order valence-corrected chi connectivity index (χ0v) is 10.9. The van der Waals surface area contributed by atoms with E-state index in [1.54, 1.807) is 0 Å². The second kappa shape index (κ2) is 3.81. The maximum Gasteiger partial charge on any atom is 0.318 e. The monoisotopic (exact) mass is 274 g/mol. The highest BCUT2D eigenvalue weighted by atomic mass is 16.6. The Bertz CT molecular complexity index is 587. The average Bonchev–Trinajstić information content (AvgIpc) is 2.66. The predicted molar refractivity (Wildman–Crippen MR) is 65.9 cm³/mol. The van der Waals surface area contributed by atoms with E-state index < -0.39 is 5.97 Å². The third-order valence-electron chi connectivity index (χ3n) is 5.07. The molecule has 20 heavy (non-hydrogen) atoms. The van der Waals surface area contributed by atoms with Crippen molar-refractivity contribution in [1.29, 1.82) is 0 Å². The van der Waals surface area contributed by atoms with Gasteiger partial charge in [-0.1, -0.05) is 18.2 Å². The van der Waals surface area contributed by atoms with Crippen LogP contribution in [0.4, 0.5) is 0 Å². The number of hydrogen-bond donors (Lipinski definition) is 0. The second-order valence-electron chi connectivity index (χ2n) is 5.96. The first-order chi connectivity index (χ1) is 9.58. The van der Waals surface area contributed by atoms with Gasteiger partial charge in [-0.2, -0.15) is 0 Å². The summed E-state index contributed by atoms with van der Waals surface area (Å²) in [6, 6.07) is 0. The molecule has 5 nitrogen and oxygen atoms in total. The number of esters is 3. The molecule has 5 aliphatic rings. The Hall–Kier alpha value is -1.91. The molecule has 5 rings (SSSR count). The molecule has 0 aromatic heterocycles.